The van der Waals surface area contributed by atoms with E-state index in [1.165, 1.54) is 0 Å². The average Bonchev–Trinajstić information content (AvgIpc) is 2.58. The van der Waals surface area contributed by atoms with Gasteiger partial charge in [-0.2, -0.15) is 0 Å². The van der Waals surface area contributed by atoms with Gasteiger partial charge in [-0.05, 0) is 48.4 Å². The second kappa shape index (κ2) is 8.45. The van der Waals surface area contributed by atoms with Crippen LogP contribution in [0.15, 0.2) is 36.4 Å². The zero-order chi connectivity index (χ0) is 17.5. The van der Waals surface area contributed by atoms with Gasteiger partial charge in [-0.1, -0.05) is 17.7 Å². The summed E-state index contributed by atoms with van der Waals surface area (Å²) in [6.45, 7) is 2.20. The minimum absolute atomic E-state index is 0.0598. The van der Waals surface area contributed by atoms with Crippen molar-refractivity contribution in [3.05, 3.63) is 52.5 Å². The number of benzene rings is 2. The van der Waals surface area contributed by atoms with Crippen LogP contribution in [0.25, 0.3) is 0 Å². The summed E-state index contributed by atoms with van der Waals surface area (Å²) in [4.78, 5) is 11.9. The summed E-state index contributed by atoms with van der Waals surface area (Å²) in [6, 6.07) is 10.8. The molecule has 1 N–H and O–H groups in total. The number of nitrogens with one attached hydrogen (secondary N) is 1. The molecule has 0 aliphatic heterocycles. The first-order valence-corrected chi connectivity index (χ1v) is 7.78. The fourth-order valence-corrected chi connectivity index (χ4v) is 2.39. The van der Waals surface area contributed by atoms with Gasteiger partial charge in [0.25, 0.3) is 5.91 Å². The highest BCUT2D eigenvalue weighted by atomic mass is 35.5. The maximum atomic E-state index is 11.9. The average molecular weight is 350 g/mol. The third-order valence-corrected chi connectivity index (χ3v) is 3.67. The van der Waals surface area contributed by atoms with Crippen LogP contribution < -0.4 is 19.5 Å². The maximum absolute atomic E-state index is 11.9. The second-order valence-electron chi connectivity index (χ2n) is 5.16. The van der Waals surface area contributed by atoms with Gasteiger partial charge in [-0.25, -0.2) is 0 Å². The topological polar surface area (TPSA) is 56.8 Å². The number of halogens is 1. The Balaban J connectivity index is 1.87. The van der Waals surface area contributed by atoms with E-state index in [1.807, 2.05) is 19.1 Å². The molecule has 128 valence electrons. The normalized spacial score (nSPS) is 10.2. The number of aryl methyl sites for hydroxylation is 1. The number of ether oxygens (including phenoxy) is 3. The fraction of sp³-hybridized carbons (Fsp3) is 0.278. The predicted octanol–water partition coefficient (Wildman–Crippen LogP) is 3.36. The zero-order valence-electron chi connectivity index (χ0n) is 13.9. The van der Waals surface area contributed by atoms with E-state index in [4.69, 9.17) is 25.8 Å². The first kappa shape index (κ1) is 17.9. The monoisotopic (exact) mass is 349 g/mol. The summed E-state index contributed by atoms with van der Waals surface area (Å²) >= 11 is 5.89. The molecule has 1 amide bonds. The fourth-order valence-electron chi connectivity index (χ4n) is 2.16. The van der Waals surface area contributed by atoms with Gasteiger partial charge in [0.2, 0.25) is 0 Å². The van der Waals surface area contributed by atoms with Crippen molar-refractivity contribution in [2.24, 2.45) is 0 Å². The lowest BCUT2D eigenvalue weighted by Gasteiger charge is -2.11. The first-order valence-electron chi connectivity index (χ1n) is 7.40. The molecule has 0 aromatic heterocycles. The Hall–Kier alpha value is -2.40. The van der Waals surface area contributed by atoms with E-state index in [0.717, 1.165) is 11.1 Å². The van der Waals surface area contributed by atoms with E-state index in [-0.39, 0.29) is 12.5 Å². The Kier molecular flexibility index (Phi) is 6.32. The molecule has 24 heavy (non-hydrogen) atoms. The van der Waals surface area contributed by atoms with Crippen LogP contribution in [-0.2, 0) is 11.3 Å². The minimum atomic E-state index is -0.209. The molecule has 0 fully saturated rings. The SMILES string of the molecule is COc1ccc(CNC(=O)COc2ccc(Cl)cc2C)cc1OC. The Morgan fingerprint density at radius 2 is 1.75 bits per heavy atom. The van der Waals surface area contributed by atoms with Crippen molar-refractivity contribution in [3.63, 3.8) is 0 Å². The predicted molar refractivity (Wildman–Crippen MR) is 93.1 cm³/mol. The summed E-state index contributed by atoms with van der Waals surface area (Å²) in [6.07, 6.45) is 0. The van der Waals surface area contributed by atoms with Gasteiger partial charge in [0.15, 0.2) is 18.1 Å². The third-order valence-electron chi connectivity index (χ3n) is 3.43. The van der Waals surface area contributed by atoms with Gasteiger partial charge in [-0.15, -0.1) is 0 Å². The van der Waals surface area contributed by atoms with E-state index in [9.17, 15) is 4.79 Å². The van der Waals surface area contributed by atoms with Crippen molar-refractivity contribution >= 4 is 17.5 Å². The molecule has 0 unspecified atom stereocenters. The Bertz CT molecular complexity index is 718. The number of amides is 1. The molecule has 0 heterocycles. The van der Waals surface area contributed by atoms with Crippen LogP contribution in [0.4, 0.5) is 0 Å². The van der Waals surface area contributed by atoms with E-state index >= 15 is 0 Å². The van der Waals surface area contributed by atoms with Gasteiger partial charge in [0, 0.05) is 11.6 Å². The maximum Gasteiger partial charge on any atom is 0.258 e. The number of rotatable bonds is 7. The number of hydrogen-bond acceptors (Lipinski definition) is 4. The summed E-state index contributed by atoms with van der Waals surface area (Å²) in [5.41, 5.74) is 1.79. The Labute approximate surface area is 146 Å². The summed E-state index contributed by atoms with van der Waals surface area (Å²) in [5.74, 6) is 1.70. The molecule has 0 bridgehead atoms. The summed E-state index contributed by atoms with van der Waals surface area (Å²) in [5, 5.41) is 3.44. The van der Waals surface area contributed by atoms with E-state index in [2.05, 4.69) is 5.32 Å². The minimum Gasteiger partial charge on any atom is -0.493 e. The van der Waals surface area contributed by atoms with E-state index in [1.54, 1.807) is 38.5 Å². The number of carbonyl (C=O) groups is 1. The molecule has 0 radical (unpaired) electrons. The lowest BCUT2D eigenvalue weighted by Crippen LogP contribution is -2.28. The highest BCUT2D eigenvalue weighted by molar-refractivity contribution is 6.30. The van der Waals surface area contributed by atoms with Crippen LogP contribution in [0.5, 0.6) is 17.2 Å². The van der Waals surface area contributed by atoms with Crippen molar-refractivity contribution in [1.82, 2.24) is 5.32 Å². The first-order chi connectivity index (χ1) is 11.5. The number of methoxy groups -OCH3 is 2. The lowest BCUT2D eigenvalue weighted by atomic mass is 10.2. The molecular weight excluding hydrogens is 330 g/mol. The molecule has 2 rings (SSSR count). The quantitative estimate of drug-likeness (QED) is 0.832. The molecule has 0 saturated heterocycles. The molecule has 0 saturated carbocycles. The van der Waals surface area contributed by atoms with Crippen molar-refractivity contribution in [1.29, 1.82) is 0 Å². The van der Waals surface area contributed by atoms with Crippen molar-refractivity contribution in [2.75, 3.05) is 20.8 Å². The summed E-state index contributed by atoms with van der Waals surface area (Å²) < 4.78 is 15.9. The number of carbonyl (C=O) groups excluding carboxylic acids is 1. The van der Waals surface area contributed by atoms with Gasteiger partial charge < -0.3 is 19.5 Å². The van der Waals surface area contributed by atoms with E-state index < -0.39 is 0 Å². The van der Waals surface area contributed by atoms with Gasteiger partial charge in [0.1, 0.15) is 5.75 Å². The standard InChI is InChI=1S/C18H20ClNO4/c1-12-8-14(19)5-7-15(12)24-11-18(21)20-10-13-4-6-16(22-2)17(9-13)23-3/h4-9H,10-11H2,1-3H3,(H,20,21). The van der Waals surface area contributed by atoms with E-state index in [0.29, 0.717) is 28.8 Å². The highest BCUT2D eigenvalue weighted by Crippen LogP contribution is 2.27. The van der Waals surface area contributed by atoms with Crippen LogP contribution >= 0.6 is 11.6 Å². The molecule has 2 aromatic rings. The number of hydrogen-bond donors (Lipinski definition) is 1. The van der Waals surface area contributed by atoms with Crippen LogP contribution in [-0.4, -0.2) is 26.7 Å². The van der Waals surface area contributed by atoms with Gasteiger partial charge >= 0.3 is 0 Å². The van der Waals surface area contributed by atoms with Gasteiger partial charge in [0.05, 0.1) is 14.2 Å². The van der Waals surface area contributed by atoms with Crippen LogP contribution in [0.1, 0.15) is 11.1 Å². The van der Waals surface area contributed by atoms with Gasteiger partial charge in [-0.3, -0.25) is 4.79 Å². The molecule has 0 spiro atoms. The van der Waals surface area contributed by atoms with Crippen LogP contribution in [0.2, 0.25) is 5.02 Å². The Morgan fingerprint density at radius 3 is 2.42 bits per heavy atom. The molecule has 2 aromatic carbocycles. The molecule has 6 heteroatoms. The van der Waals surface area contributed by atoms with Crippen LogP contribution in [0, 0.1) is 6.92 Å². The molecular formula is C18H20ClNO4. The largest absolute Gasteiger partial charge is 0.493 e. The smallest absolute Gasteiger partial charge is 0.258 e. The van der Waals surface area contributed by atoms with Crippen molar-refractivity contribution in [3.8, 4) is 17.2 Å². The third kappa shape index (κ3) is 4.80. The summed E-state index contributed by atoms with van der Waals surface area (Å²) in [7, 11) is 3.15. The second-order valence-corrected chi connectivity index (χ2v) is 5.60. The molecule has 0 aliphatic carbocycles. The molecule has 0 atom stereocenters. The highest BCUT2D eigenvalue weighted by Gasteiger charge is 2.08. The molecule has 0 aliphatic rings. The van der Waals surface area contributed by atoms with Crippen molar-refractivity contribution < 1.29 is 19.0 Å². The van der Waals surface area contributed by atoms with Crippen molar-refractivity contribution in [2.45, 2.75) is 13.5 Å². The molecule has 5 nitrogen and oxygen atoms in total. The Morgan fingerprint density at radius 1 is 1.04 bits per heavy atom. The lowest BCUT2D eigenvalue weighted by molar-refractivity contribution is -0.123. The zero-order valence-corrected chi connectivity index (χ0v) is 14.6. The van der Waals surface area contributed by atoms with Crippen LogP contribution in [0.3, 0.4) is 0 Å².